The lowest BCUT2D eigenvalue weighted by Crippen LogP contribution is -2.48. The van der Waals surface area contributed by atoms with Crippen LogP contribution >= 0.6 is 0 Å². The molecule has 7 heteroatoms. The summed E-state index contributed by atoms with van der Waals surface area (Å²) in [5.41, 5.74) is 4.90. The lowest BCUT2D eigenvalue weighted by molar-refractivity contribution is -0.145. The highest BCUT2D eigenvalue weighted by atomic mass is 16.5. The number of carbonyl (C=O) groups excluding carboxylic acids is 2. The number of hydrogen-bond donors (Lipinski definition) is 3. The molecule has 96 valence electrons. The standard InChI is InChI=1S/C10H16N2O5/c1-5-2-3-17-8(5)9(14)12-6(10(15)16)4-7(11)13/h5-6,8H,2-4H2,1H3,(H2,11,13)(H,12,14)(H,15,16)/t5?,6-,8?/m0/s1. The summed E-state index contributed by atoms with van der Waals surface area (Å²) in [7, 11) is 0. The number of carbonyl (C=O) groups is 3. The molecule has 17 heavy (non-hydrogen) atoms. The molecule has 1 aliphatic rings. The second-order valence-electron chi connectivity index (χ2n) is 4.13. The lowest BCUT2D eigenvalue weighted by atomic mass is 10.0. The molecule has 2 unspecified atom stereocenters. The molecule has 1 heterocycles. The van der Waals surface area contributed by atoms with Gasteiger partial charge >= 0.3 is 5.97 Å². The molecule has 4 N–H and O–H groups in total. The smallest absolute Gasteiger partial charge is 0.326 e. The van der Waals surface area contributed by atoms with Gasteiger partial charge in [-0.25, -0.2) is 4.79 Å². The van der Waals surface area contributed by atoms with Gasteiger partial charge in [0.25, 0.3) is 0 Å². The zero-order valence-electron chi connectivity index (χ0n) is 9.51. The second-order valence-corrected chi connectivity index (χ2v) is 4.13. The number of aliphatic carboxylic acids is 1. The fraction of sp³-hybridized carbons (Fsp3) is 0.700. The van der Waals surface area contributed by atoms with Crippen LogP contribution in [0.5, 0.6) is 0 Å². The van der Waals surface area contributed by atoms with Crippen LogP contribution in [-0.2, 0) is 19.1 Å². The van der Waals surface area contributed by atoms with Gasteiger partial charge in [0.2, 0.25) is 11.8 Å². The third-order valence-electron chi connectivity index (χ3n) is 2.67. The number of nitrogens with two attached hydrogens (primary N) is 1. The Morgan fingerprint density at radius 3 is 2.59 bits per heavy atom. The molecule has 0 spiro atoms. The normalized spacial score (nSPS) is 25.2. The number of amides is 2. The quantitative estimate of drug-likeness (QED) is 0.564. The number of hydrogen-bond acceptors (Lipinski definition) is 4. The van der Waals surface area contributed by atoms with E-state index in [-0.39, 0.29) is 5.92 Å². The maximum Gasteiger partial charge on any atom is 0.326 e. The molecular formula is C10H16N2O5. The summed E-state index contributed by atoms with van der Waals surface area (Å²) in [6, 6.07) is -1.30. The van der Waals surface area contributed by atoms with E-state index in [9.17, 15) is 14.4 Å². The third kappa shape index (κ3) is 3.70. The van der Waals surface area contributed by atoms with Crippen molar-refractivity contribution in [2.45, 2.75) is 31.9 Å². The van der Waals surface area contributed by atoms with Crippen molar-refractivity contribution in [2.75, 3.05) is 6.61 Å². The Balaban J connectivity index is 2.57. The van der Waals surface area contributed by atoms with Gasteiger partial charge < -0.3 is 20.9 Å². The first-order valence-electron chi connectivity index (χ1n) is 5.35. The predicted molar refractivity (Wildman–Crippen MR) is 56.9 cm³/mol. The molecular weight excluding hydrogens is 228 g/mol. The molecule has 1 saturated heterocycles. The molecule has 0 aromatic rings. The minimum atomic E-state index is -1.30. The van der Waals surface area contributed by atoms with Crippen molar-refractivity contribution in [3.05, 3.63) is 0 Å². The van der Waals surface area contributed by atoms with Crippen LogP contribution in [0.4, 0.5) is 0 Å². The summed E-state index contributed by atoms with van der Waals surface area (Å²) in [4.78, 5) is 33.2. The van der Waals surface area contributed by atoms with Crippen LogP contribution < -0.4 is 11.1 Å². The van der Waals surface area contributed by atoms with Gasteiger partial charge in [-0.3, -0.25) is 9.59 Å². The predicted octanol–water partition coefficient (Wildman–Crippen LogP) is -1.14. The van der Waals surface area contributed by atoms with E-state index < -0.39 is 36.4 Å². The average molecular weight is 244 g/mol. The molecule has 1 aliphatic heterocycles. The highest BCUT2D eigenvalue weighted by Crippen LogP contribution is 2.20. The molecule has 0 bridgehead atoms. The molecule has 0 aromatic carbocycles. The third-order valence-corrected chi connectivity index (χ3v) is 2.67. The van der Waals surface area contributed by atoms with Crippen molar-refractivity contribution in [1.29, 1.82) is 0 Å². The lowest BCUT2D eigenvalue weighted by Gasteiger charge is -2.18. The van der Waals surface area contributed by atoms with Crippen molar-refractivity contribution in [1.82, 2.24) is 5.32 Å². The van der Waals surface area contributed by atoms with E-state index in [1.54, 1.807) is 0 Å². The van der Waals surface area contributed by atoms with Crippen molar-refractivity contribution in [3.63, 3.8) is 0 Å². The number of primary amides is 1. The summed E-state index contributed by atoms with van der Waals surface area (Å²) >= 11 is 0. The molecule has 0 radical (unpaired) electrons. The molecule has 3 atom stereocenters. The van der Waals surface area contributed by atoms with Crippen molar-refractivity contribution < 1.29 is 24.2 Å². The number of carboxylic acid groups (broad SMARTS) is 1. The van der Waals surface area contributed by atoms with E-state index in [4.69, 9.17) is 15.6 Å². The summed E-state index contributed by atoms with van der Waals surface area (Å²) in [6.45, 7) is 2.33. The topological polar surface area (TPSA) is 119 Å². The summed E-state index contributed by atoms with van der Waals surface area (Å²) in [5.74, 6) is -2.54. The highest BCUT2D eigenvalue weighted by Gasteiger charge is 2.33. The molecule has 0 aromatic heterocycles. The number of ether oxygens (including phenoxy) is 1. The van der Waals surface area contributed by atoms with E-state index in [2.05, 4.69) is 5.32 Å². The Bertz CT molecular complexity index is 331. The van der Waals surface area contributed by atoms with E-state index >= 15 is 0 Å². The Hall–Kier alpha value is -1.63. The zero-order valence-corrected chi connectivity index (χ0v) is 9.51. The van der Waals surface area contributed by atoms with Crippen LogP contribution in [0.25, 0.3) is 0 Å². The van der Waals surface area contributed by atoms with Crippen LogP contribution in [0.3, 0.4) is 0 Å². The first-order chi connectivity index (χ1) is 7.91. The highest BCUT2D eigenvalue weighted by molar-refractivity contribution is 5.89. The number of nitrogens with one attached hydrogen (secondary N) is 1. The van der Waals surface area contributed by atoms with Crippen molar-refractivity contribution in [2.24, 2.45) is 11.7 Å². The Morgan fingerprint density at radius 2 is 2.18 bits per heavy atom. The first kappa shape index (κ1) is 13.4. The van der Waals surface area contributed by atoms with Gasteiger partial charge in [0, 0.05) is 6.61 Å². The van der Waals surface area contributed by atoms with E-state index in [0.717, 1.165) is 6.42 Å². The summed E-state index contributed by atoms with van der Waals surface area (Å²) in [6.07, 6.45) is -0.321. The molecule has 1 fully saturated rings. The van der Waals surface area contributed by atoms with Crippen molar-refractivity contribution >= 4 is 17.8 Å². The minimum Gasteiger partial charge on any atom is -0.480 e. The van der Waals surface area contributed by atoms with E-state index in [0.29, 0.717) is 6.61 Å². The SMILES string of the molecule is CC1CCOC1C(=O)N[C@@H](CC(N)=O)C(=O)O. The summed E-state index contributed by atoms with van der Waals surface area (Å²) < 4.78 is 5.19. The van der Waals surface area contributed by atoms with Gasteiger partial charge in [-0.15, -0.1) is 0 Å². The largest absolute Gasteiger partial charge is 0.480 e. The van der Waals surface area contributed by atoms with Crippen LogP contribution in [0.15, 0.2) is 0 Å². The van der Waals surface area contributed by atoms with Crippen LogP contribution in [0.2, 0.25) is 0 Å². The van der Waals surface area contributed by atoms with Gasteiger partial charge in [-0.1, -0.05) is 6.92 Å². The molecule has 0 aliphatic carbocycles. The second kappa shape index (κ2) is 5.62. The maximum atomic E-state index is 11.7. The number of carboxylic acids is 1. The fourth-order valence-electron chi connectivity index (χ4n) is 1.69. The van der Waals surface area contributed by atoms with Crippen LogP contribution in [-0.4, -0.2) is 41.6 Å². The Kier molecular flexibility index (Phi) is 4.45. The Morgan fingerprint density at radius 1 is 1.53 bits per heavy atom. The average Bonchev–Trinajstić information content (AvgIpc) is 2.62. The molecule has 0 saturated carbocycles. The van der Waals surface area contributed by atoms with Gasteiger partial charge in [-0.05, 0) is 12.3 Å². The van der Waals surface area contributed by atoms with Gasteiger partial charge in [0.1, 0.15) is 12.1 Å². The monoisotopic (exact) mass is 244 g/mol. The molecule has 1 rings (SSSR count). The fourth-order valence-corrected chi connectivity index (χ4v) is 1.69. The van der Waals surface area contributed by atoms with Gasteiger partial charge in [-0.2, -0.15) is 0 Å². The first-order valence-corrected chi connectivity index (χ1v) is 5.35. The van der Waals surface area contributed by atoms with Crippen LogP contribution in [0.1, 0.15) is 19.8 Å². The van der Waals surface area contributed by atoms with E-state index in [1.165, 1.54) is 0 Å². The van der Waals surface area contributed by atoms with E-state index in [1.807, 2.05) is 6.92 Å². The molecule has 7 nitrogen and oxygen atoms in total. The van der Waals surface area contributed by atoms with Gasteiger partial charge in [0.15, 0.2) is 0 Å². The minimum absolute atomic E-state index is 0.0398. The summed E-state index contributed by atoms with van der Waals surface area (Å²) in [5, 5.41) is 11.1. The van der Waals surface area contributed by atoms with Gasteiger partial charge in [0.05, 0.1) is 6.42 Å². The van der Waals surface area contributed by atoms with Crippen molar-refractivity contribution in [3.8, 4) is 0 Å². The maximum absolute atomic E-state index is 11.7. The number of rotatable bonds is 5. The Labute approximate surface area is 98.3 Å². The molecule has 2 amide bonds. The zero-order chi connectivity index (χ0) is 13.0. The van der Waals surface area contributed by atoms with Crippen LogP contribution in [0, 0.1) is 5.92 Å².